The molecule has 0 N–H and O–H groups in total. The van der Waals surface area contributed by atoms with Crippen molar-refractivity contribution in [2.75, 3.05) is 0 Å². The fraction of sp³-hybridized carbons (Fsp3) is 0. The summed E-state index contributed by atoms with van der Waals surface area (Å²) in [5.41, 5.74) is 18.9. The van der Waals surface area contributed by atoms with Crippen LogP contribution in [0.15, 0.2) is 267 Å². The van der Waals surface area contributed by atoms with Crippen molar-refractivity contribution in [3.8, 4) is 78.4 Å². The molecule has 0 aliphatic heterocycles. The van der Waals surface area contributed by atoms with E-state index in [9.17, 15) is 0 Å². The third kappa shape index (κ3) is 6.41. The Morgan fingerprint density at radius 2 is 0.471 bits per heavy atom. The van der Waals surface area contributed by atoms with E-state index >= 15 is 0 Å². The van der Waals surface area contributed by atoms with Gasteiger partial charge in [0.1, 0.15) is 0 Å². The summed E-state index contributed by atoms with van der Waals surface area (Å²) in [6, 6.07) is 97.5. The van der Waals surface area contributed by atoms with Crippen LogP contribution in [0.4, 0.5) is 0 Å². The first-order valence-electron chi connectivity index (χ1n) is 23.4. The quantitative estimate of drug-likeness (QED) is 0.135. The molecule has 2 heteroatoms. The van der Waals surface area contributed by atoms with Crippen LogP contribution in [0.1, 0.15) is 0 Å². The van der Waals surface area contributed by atoms with Gasteiger partial charge in [-0.2, -0.15) is 0 Å². The largest absolute Gasteiger partial charge is 0.309 e. The highest BCUT2D eigenvalue weighted by molar-refractivity contribution is 6.22. The van der Waals surface area contributed by atoms with Crippen molar-refractivity contribution in [3.05, 3.63) is 267 Å². The van der Waals surface area contributed by atoms with Crippen LogP contribution < -0.4 is 0 Å². The van der Waals surface area contributed by atoms with E-state index in [0.29, 0.717) is 0 Å². The van der Waals surface area contributed by atoms with E-state index in [1.165, 1.54) is 110 Å². The summed E-state index contributed by atoms with van der Waals surface area (Å²) in [4.78, 5) is 0. The summed E-state index contributed by atoms with van der Waals surface area (Å²) < 4.78 is 4.98. The van der Waals surface area contributed by atoms with E-state index < -0.39 is 0 Å². The summed E-state index contributed by atoms with van der Waals surface area (Å²) in [6.07, 6.45) is 0. The molecule has 2 heterocycles. The molecule has 318 valence electrons. The van der Waals surface area contributed by atoms with Gasteiger partial charge in [0, 0.05) is 33.3 Å². The van der Waals surface area contributed by atoms with Gasteiger partial charge in [-0.15, -0.1) is 0 Å². The smallest absolute Gasteiger partial charge is 0.0619 e. The Bertz CT molecular complexity index is 3700. The summed E-state index contributed by atoms with van der Waals surface area (Å²) in [5, 5.41) is 7.26. The molecule has 0 unspecified atom stereocenters. The Morgan fingerprint density at radius 1 is 0.191 bits per heavy atom. The minimum absolute atomic E-state index is 1.11. The van der Waals surface area contributed by atoms with Crippen molar-refractivity contribution in [3.63, 3.8) is 0 Å². The van der Waals surface area contributed by atoms with E-state index in [0.717, 1.165) is 11.4 Å². The molecule has 0 atom stereocenters. The molecule has 2 aromatic heterocycles. The number of benzene rings is 11. The molecule has 11 aromatic carbocycles. The van der Waals surface area contributed by atoms with Gasteiger partial charge in [0.25, 0.3) is 0 Å². The van der Waals surface area contributed by atoms with Crippen LogP contribution in [0.3, 0.4) is 0 Å². The number of rotatable bonds is 8. The van der Waals surface area contributed by atoms with Gasteiger partial charge in [-0.1, -0.05) is 231 Å². The van der Waals surface area contributed by atoms with Gasteiger partial charge in [-0.25, -0.2) is 0 Å². The Labute approximate surface area is 395 Å². The van der Waals surface area contributed by atoms with Gasteiger partial charge in [0.15, 0.2) is 0 Å². The maximum absolute atomic E-state index is 2.49. The van der Waals surface area contributed by atoms with Crippen LogP contribution in [0.2, 0.25) is 0 Å². The Morgan fingerprint density at radius 3 is 0.809 bits per heavy atom. The number of hydrogen-bond donors (Lipinski definition) is 0. The zero-order valence-electron chi connectivity index (χ0n) is 37.3. The molecule has 2 nitrogen and oxygen atoms in total. The standard InChI is InChI=1S/C66H44N2/c1-7-23-45(24-8-1)61-53-41-39-52(68-60-38-22-20-36-56(60)64(48-29-13-4-14-30-48)66(68)50-33-17-6-18-34-50)44-58(53)62(46-25-9-2-10-26-46)54-42-40-51(43-57(54)61)67-59-37-21-19-35-55(59)63(47-27-11-3-12-28-47)65(67)49-31-15-5-16-32-49/h1-44H. The molecular formula is C66H44N2. The summed E-state index contributed by atoms with van der Waals surface area (Å²) in [5.74, 6) is 0. The van der Waals surface area contributed by atoms with Crippen LogP contribution in [0.5, 0.6) is 0 Å². The highest BCUT2D eigenvalue weighted by Crippen LogP contribution is 2.49. The minimum Gasteiger partial charge on any atom is -0.309 e. The molecule has 68 heavy (non-hydrogen) atoms. The van der Waals surface area contributed by atoms with E-state index in [2.05, 4.69) is 276 Å². The SMILES string of the molecule is c1ccc(-c2c3ccc(-n4c(-c5ccccc5)c(-c5ccccc5)c5ccccc54)cc3c(-c3ccccc3)c3ccc(-n4c(-c5ccccc5)c(-c5ccccc5)c5ccccc54)cc23)cc1. The molecule has 0 aliphatic rings. The minimum atomic E-state index is 1.11. The van der Waals surface area contributed by atoms with Crippen LogP contribution in [0.25, 0.3) is 122 Å². The second-order valence-corrected chi connectivity index (χ2v) is 17.6. The second-order valence-electron chi connectivity index (χ2n) is 17.6. The average molecular weight is 865 g/mol. The van der Waals surface area contributed by atoms with Crippen molar-refractivity contribution in [2.45, 2.75) is 0 Å². The van der Waals surface area contributed by atoms with Crippen LogP contribution in [0, 0.1) is 0 Å². The third-order valence-electron chi connectivity index (χ3n) is 13.7. The zero-order chi connectivity index (χ0) is 45.0. The molecule has 13 aromatic rings. The lowest BCUT2D eigenvalue weighted by atomic mass is 9.85. The van der Waals surface area contributed by atoms with Gasteiger partial charge >= 0.3 is 0 Å². The van der Waals surface area contributed by atoms with Crippen molar-refractivity contribution in [1.29, 1.82) is 0 Å². The highest BCUT2D eigenvalue weighted by atomic mass is 15.0. The predicted octanol–water partition coefficient (Wildman–Crippen LogP) is 17.9. The molecule has 0 fully saturated rings. The lowest BCUT2D eigenvalue weighted by molar-refractivity contribution is 1.14. The van der Waals surface area contributed by atoms with Crippen molar-refractivity contribution in [2.24, 2.45) is 0 Å². The number of fused-ring (bicyclic) bond motifs is 4. The molecule has 13 rings (SSSR count). The monoisotopic (exact) mass is 864 g/mol. The first-order valence-corrected chi connectivity index (χ1v) is 23.4. The number of para-hydroxylation sites is 2. The first kappa shape index (κ1) is 39.4. The molecule has 0 aliphatic carbocycles. The first-order chi connectivity index (χ1) is 33.8. The molecule has 0 bridgehead atoms. The maximum Gasteiger partial charge on any atom is 0.0619 e. The summed E-state index contributed by atoms with van der Waals surface area (Å²) in [6.45, 7) is 0. The second kappa shape index (κ2) is 16.5. The Kier molecular flexibility index (Phi) is 9.54. The average Bonchev–Trinajstić information content (AvgIpc) is 3.95. The molecule has 0 spiro atoms. The fourth-order valence-electron chi connectivity index (χ4n) is 10.9. The molecule has 0 saturated carbocycles. The van der Waals surface area contributed by atoms with E-state index in [1.54, 1.807) is 0 Å². The summed E-state index contributed by atoms with van der Waals surface area (Å²) >= 11 is 0. The van der Waals surface area contributed by atoms with Gasteiger partial charge in [0.2, 0.25) is 0 Å². The normalized spacial score (nSPS) is 11.5. The van der Waals surface area contributed by atoms with Gasteiger partial charge in [0.05, 0.1) is 22.4 Å². The van der Waals surface area contributed by atoms with E-state index in [1.807, 2.05) is 0 Å². The predicted molar refractivity (Wildman–Crippen MR) is 288 cm³/mol. The number of hydrogen-bond acceptors (Lipinski definition) is 0. The number of aromatic nitrogens is 2. The number of nitrogens with zero attached hydrogens (tertiary/aromatic N) is 2. The lowest BCUT2D eigenvalue weighted by Crippen LogP contribution is -2.00. The van der Waals surface area contributed by atoms with Gasteiger partial charge < -0.3 is 9.13 Å². The third-order valence-corrected chi connectivity index (χ3v) is 13.7. The van der Waals surface area contributed by atoms with Gasteiger partial charge in [-0.05, 0) is 102 Å². The molecule has 0 saturated heterocycles. The van der Waals surface area contributed by atoms with Crippen molar-refractivity contribution in [1.82, 2.24) is 9.13 Å². The topological polar surface area (TPSA) is 9.86 Å². The Balaban J connectivity index is 1.15. The lowest BCUT2D eigenvalue weighted by Gasteiger charge is -2.21. The van der Waals surface area contributed by atoms with Crippen LogP contribution in [-0.2, 0) is 0 Å². The highest BCUT2D eigenvalue weighted by Gasteiger charge is 2.25. The maximum atomic E-state index is 2.49. The molecular weight excluding hydrogens is 821 g/mol. The summed E-state index contributed by atoms with van der Waals surface area (Å²) in [7, 11) is 0. The molecule has 0 radical (unpaired) electrons. The van der Waals surface area contributed by atoms with Crippen LogP contribution >= 0.6 is 0 Å². The van der Waals surface area contributed by atoms with Gasteiger partial charge in [-0.3, -0.25) is 0 Å². The van der Waals surface area contributed by atoms with E-state index in [-0.39, 0.29) is 0 Å². The van der Waals surface area contributed by atoms with Crippen molar-refractivity contribution >= 4 is 43.4 Å². The zero-order valence-corrected chi connectivity index (χ0v) is 37.3. The Hall–Kier alpha value is -8.98. The van der Waals surface area contributed by atoms with Crippen molar-refractivity contribution < 1.29 is 0 Å². The molecule has 0 amide bonds. The van der Waals surface area contributed by atoms with E-state index in [4.69, 9.17) is 0 Å². The van der Waals surface area contributed by atoms with Crippen LogP contribution in [-0.4, -0.2) is 9.13 Å². The fourth-order valence-corrected chi connectivity index (χ4v) is 10.9.